The fourth-order valence-corrected chi connectivity index (χ4v) is 2.81. The fraction of sp³-hybridized carbons (Fsp3) is 0.286. The summed E-state index contributed by atoms with van der Waals surface area (Å²) in [6.07, 6.45) is -1.00. The van der Waals surface area contributed by atoms with Crippen molar-refractivity contribution in [3.63, 3.8) is 0 Å². The van der Waals surface area contributed by atoms with Gasteiger partial charge in [0, 0.05) is 16.5 Å². The lowest BCUT2D eigenvalue weighted by Crippen LogP contribution is -2.04. The Balaban J connectivity index is 2.48. The smallest absolute Gasteiger partial charge is 0.163 e. The second-order valence-electron chi connectivity index (χ2n) is 4.10. The van der Waals surface area contributed by atoms with Crippen LogP contribution in [0.4, 0.5) is 4.39 Å². The first-order chi connectivity index (χ1) is 9.08. The minimum Gasteiger partial charge on any atom is -0.493 e. The Hall–Kier alpha value is -1.59. The lowest BCUT2D eigenvalue weighted by Gasteiger charge is -2.15. The van der Waals surface area contributed by atoms with E-state index >= 15 is 0 Å². The largest absolute Gasteiger partial charge is 0.493 e. The highest BCUT2D eigenvalue weighted by Crippen LogP contribution is 2.36. The third-order valence-electron chi connectivity index (χ3n) is 2.95. The van der Waals surface area contributed by atoms with Gasteiger partial charge in [0.15, 0.2) is 11.5 Å². The van der Waals surface area contributed by atoms with E-state index in [9.17, 15) is 9.50 Å². The lowest BCUT2D eigenvalue weighted by atomic mass is 10.0. The van der Waals surface area contributed by atoms with Crippen LogP contribution in [-0.4, -0.2) is 19.3 Å². The van der Waals surface area contributed by atoms with Crippen molar-refractivity contribution in [2.24, 2.45) is 0 Å². The second-order valence-corrected chi connectivity index (χ2v) is 5.05. The van der Waals surface area contributed by atoms with Crippen molar-refractivity contribution in [1.29, 1.82) is 0 Å². The van der Waals surface area contributed by atoms with Gasteiger partial charge in [-0.2, -0.15) is 0 Å². The maximum absolute atomic E-state index is 14.0. The average molecular weight is 282 g/mol. The molecule has 102 valence electrons. The van der Waals surface area contributed by atoms with E-state index in [1.165, 1.54) is 37.7 Å². The minimum atomic E-state index is -1.00. The molecule has 1 aromatic carbocycles. The molecule has 5 heteroatoms. The molecule has 0 aliphatic heterocycles. The molecule has 0 saturated carbocycles. The van der Waals surface area contributed by atoms with E-state index in [0.29, 0.717) is 11.5 Å². The molecule has 0 aliphatic carbocycles. The van der Waals surface area contributed by atoms with Crippen LogP contribution in [0.3, 0.4) is 0 Å². The van der Waals surface area contributed by atoms with E-state index in [1.807, 2.05) is 18.4 Å². The second kappa shape index (κ2) is 5.59. The van der Waals surface area contributed by atoms with Gasteiger partial charge in [-0.3, -0.25) is 0 Å². The fourth-order valence-electron chi connectivity index (χ4n) is 1.89. The number of hydrogen-bond acceptors (Lipinski definition) is 4. The van der Waals surface area contributed by atoms with Crippen LogP contribution in [-0.2, 0) is 0 Å². The third-order valence-corrected chi connectivity index (χ3v) is 4.02. The molecule has 0 bridgehead atoms. The molecule has 3 nitrogen and oxygen atoms in total. The van der Waals surface area contributed by atoms with Gasteiger partial charge in [-0.25, -0.2) is 4.39 Å². The van der Waals surface area contributed by atoms with E-state index < -0.39 is 11.9 Å². The van der Waals surface area contributed by atoms with E-state index in [4.69, 9.17) is 9.47 Å². The zero-order chi connectivity index (χ0) is 14.0. The molecule has 19 heavy (non-hydrogen) atoms. The minimum absolute atomic E-state index is 0.184. The number of hydrogen-bond donors (Lipinski definition) is 1. The van der Waals surface area contributed by atoms with E-state index in [1.54, 1.807) is 0 Å². The molecule has 0 fully saturated rings. The Kier molecular flexibility index (Phi) is 4.07. The number of ether oxygens (including phenoxy) is 2. The first kappa shape index (κ1) is 13.8. The Morgan fingerprint density at radius 3 is 2.37 bits per heavy atom. The maximum Gasteiger partial charge on any atom is 0.163 e. The number of halogens is 1. The van der Waals surface area contributed by atoms with Crippen LogP contribution in [0.5, 0.6) is 11.5 Å². The first-order valence-electron chi connectivity index (χ1n) is 5.72. The third kappa shape index (κ3) is 2.57. The van der Waals surface area contributed by atoms with Crippen LogP contribution in [0.25, 0.3) is 0 Å². The summed E-state index contributed by atoms with van der Waals surface area (Å²) in [6.45, 7) is 1.88. The van der Waals surface area contributed by atoms with Gasteiger partial charge in [0.2, 0.25) is 0 Å². The van der Waals surface area contributed by atoms with Gasteiger partial charge in [0.05, 0.1) is 14.2 Å². The van der Waals surface area contributed by atoms with Crippen LogP contribution in [0.2, 0.25) is 0 Å². The molecule has 0 spiro atoms. The van der Waals surface area contributed by atoms with Crippen molar-refractivity contribution < 1.29 is 19.0 Å². The molecular formula is C14H15FO3S. The quantitative estimate of drug-likeness (QED) is 0.935. The summed E-state index contributed by atoms with van der Waals surface area (Å²) in [5, 5.41) is 12.2. The Morgan fingerprint density at radius 1 is 1.21 bits per heavy atom. The predicted molar refractivity (Wildman–Crippen MR) is 72.6 cm³/mol. The van der Waals surface area contributed by atoms with Crippen LogP contribution >= 0.6 is 11.3 Å². The monoisotopic (exact) mass is 282 g/mol. The first-order valence-corrected chi connectivity index (χ1v) is 6.60. The van der Waals surface area contributed by atoms with Gasteiger partial charge in [0.1, 0.15) is 11.9 Å². The molecular weight excluding hydrogens is 267 g/mol. The molecule has 0 amide bonds. The van der Waals surface area contributed by atoms with E-state index in [2.05, 4.69) is 0 Å². The Labute approximate surface area is 115 Å². The summed E-state index contributed by atoms with van der Waals surface area (Å²) in [5.74, 6) is 0.184. The standard InChI is InChI=1S/C14H15FO3S/c1-8-4-5-19-14(8)13(16)9-6-11(17-2)12(18-3)7-10(9)15/h4-7,13,16H,1-3H3. The van der Waals surface area contributed by atoms with Crippen molar-refractivity contribution in [3.05, 3.63) is 45.4 Å². The molecule has 1 atom stereocenters. The van der Waals surface area contributed by atoms with Crippen molar-refractivity contribution in [1.82, 2.24) is 0 Å². The number of aliphatic hydroxyl groups excluding tert-OH is 1. The van der Waals surface area contributed by atoms with Gasteiger partial charge in [-0.1, -0.05) is 0 Å². The summed E-state index contributed by atoms with van der Waals surface area (Å²) in [6, 6.07) is 4.58. The SMILES string of the molecule is COc1cc(F)c(C(O)c2sccc2C)cc1OC. The number of rotatable bonds is 4. The molecule has 1 N–H and O–H groups in total. The molecule has 1 aromatic heterocycles. The van der Waals surface area contributed by atoms with Gasteiger partial charge >= 0.3 is 0 Å². The zero-order valence-electron chi connectivity index (χ0n) is 10.9. The van der Waals surface area contributed by atoms with Crippen LogP contribution in [0, 0.1) is 12.7 Å². The number of methoxy groups -OCH3 is 2. The highest BCUT2D eigenvalue weighted by molar-refractivity contribution is 7.10. The van der Waals surface area contributed by atoms with Gasteiger partial charge in [0.25, 0.3) is 0 Å². The molecule has 0 aliphatic rings. The lowest BCUT2D eigenvalue weighted by molar-refractivity contribution is 0.217. The molecule has 0 radical (unpaired) electrons. The summed E-state index contributed by atoms with van der Waals surface area (Å²) < 4.78 is 24.2. The van der Waals surface area contributed by atoms with Crippen molar-refractivity contribution in [2.45, 2.75) is 13.0 Å². The summed E-state index contributed by atoms with van der Waals surface area (Å²) >= 11 is 1.40. The number of aryl methyl sites for hydroxylation is 1. The van der Waals surface area contributed by atoms with Crippen molar-refractivity contribution in [3.8, 4) is 11.5 Å². The maximum atomic E-state index is 14.0. The number of thiophene rings is 1. The van der Waals surface area contributed by atoms with Gasteiger partial charge < -0.3 is 14.6 Å². The highest BCUT2D eigenvalue weighted by Gasteiger charge is 2.21. The average Bonchev–Trinajstić information content (AvgIpc) is 2.83. The van der Waals surface area contributed by atoms with E-state index in [-0.39, 0.29) is 5.56 Å². The topological polar surface area (TPSA) is 38.7 Å². The number of benzene rings is 1. The zero-order valence-corrected chi connectivity index (χ0v) is 11.8. The predicted octanol–water partition coefficient (Wildman–Crippen LogP) is 3.29. The summed E-state index contributed by atoms with van der Waals surface area (Å²) in [7, 11) is 2.92. The van der Waals surface area contributed by atoms with Crippen molar-refractivity contribution >= 4 is 11.3 Å². The molecule has 2 aromatic rings. The normalized spacial score (nSPS) is 12.3. The van der Waals surface area contributed by atoms with Gasteiger partial charge in [-0.05, 0) is 30.0 Å². The molecule has 1 heterocycles. The molecule has 0 saturated heterocycles. The van der Waals surface area contributed by atoms with Crippen molar-refractivity contribution in [2.75, 3.05) is 14.2 Å². The van der Waals surface area contributed by atoms with Gasteiger partial charge in [-0.15, -0.1) is 11.3 Å². The summed E-state index contributed by atoms with van der Waals surface area (Å²) in [4.78, 5) is 0.728. The molecule has 2 rings (SSSR count). The number of aliphatic hydroxyl groups is 1. The van der Waals surface area contributed by atoms with Crippen LogP contribution < -0.4 is 9.47 Å². The highest BCUT2D eigenvalue weighted by atomic mass is 32.1. The Morgan fingerprint density at radius 2 is 1.84 bits per heavy atom. The Bertz CT molecular complexity index is 580. The van der Waals surface area contributed by atoms with Crippen LogP contribution in [0.1, 0.15) is 22.1 Å². The summed E-state index contributed by atoms with van der Waals surface area (Å²) in [5.41, 5.74) is 1.12. The molecule has 1 unspecified atom stereocenters. The van der Waals surface area contributed by atoms with E-state index in [0.717, 1.165) is 10.4 Å². The van der Waals surface area contributed by atoms with Crippen LogP contribution in [0.15, 0.2) is 23.6 Å².